The second-order valence-electron chi connectivity index (χ2n) is 5.80. The minimum absolute atomic E-state index is 0.0141. The van der Waals surface area contributed by atoms with E-state index in [1.165, 1.54) is 12.3 Å². The molecular formula is C14H24N2O3S. The number of hydrogen-bond donors (Lipinski definition) is 0. The Labute approximate surface area is 121 Å². The molecule has 1 atom stereocenters. The number of carbonyl (C=O) groups excluding carboxylic acids is 1. The Kier molecular flexibility index (Phi) is 4.86. The minimum Gasteiger partial charge on any atom is -0.336 e. The second kappa shape index (κ2) is 6.26. The van der Waals surface area contributed by atoms with Crippen molar-refractivity contribution >= 4 is 15.9 Å². The summed E-state index contributed by atoms with van der Waals surface area (Å²) in [5.41, 5.74) is 0. The van der Waals surface area contributed by atoms with Gasteiger partial charge in [-0.15, -0.1) is 0 Å². The molecule has 1 amide bonds. The monoisotopic (exact) mass is 300 g/mol. The van der Waals surface area contributed by atoms with E-state index in [0.29, 0.717) is 19.0 Å². The molecule has 2 aliphatic rings. The number of nitrogens with zero attached hydrogens (tertiary/aromatic N) is 2. The first kappa shape index (κ1) is 15.5. The van der Waals surface area contributed by atoms with Crippen molar-refractivity contribution in [1.29, 1.82) is 0 Å². The van der Waals surface area contributed by atoms with Crippen molar-refractivity contribution in [2.45, 2.75) is 38.1 Å². The lowest BCUT2D eigenvalue weighted by Gasteiger charge is -2.43. The predicted octanol–water partition coefficient (Wildman–Crippen LogP) is 1.23. The fourth-order valence-corrected chi connectivity index (χ4v) is 4.30. The SMILES string of the molecule is C=CC(=O)N1CCCCC1C1CCN(S(C)(=O)=O)CC1. The third kappa shape index (κ3) is 3.41. The predicted molar refractivity (Wildman–Crippen MR) is 78.7 cm³/mol. The third-order valence-electron chi connectivity index (χ3n) is 4.52. The van der Waals surface area contributed by atoms with Crippen LogP contribution in [0.15, 0.2) is 12.7 Å². The summed E-state index contributed by atoms with van der Waals surface area (Å²) in [6.07, 6.45) is 7.59. The third-order valence-corrected chi connectivity index (χ3v) is 5.82. The summed E-state index contributed by atoms with van der Waals surface area (Å²) in [5.74, 6) is 0.428. The molecule has 5 nitrogen and oxygen atoms in total. The molecule has 0 aromatic carbocycles. The normalized spacial score (nSPS) is 26.4. The summed E-state index contributed by atoms with van der Waals surface area (Å²) < 4.78 is 24.6. The number of piperidine rings is 2. The minimum atomic E-state index is -3.08. The number of sulfonamides is 1. The highest BCUT2D eigenvalue weighted by atomic mass is 32.2. The Morgan fingerprint density at radius 1 is 1.15 bits per heavy atom. The van der Waals surface area contributed by atoms with Gasteiger partial charge in [0.15, 0.2) is 0 Å². The molecule has 0 radical (unpaired) electrons. The van der Waals surface area contributed by atoms with Crippen molar-refractivity contribution in [1.82, 2.24) is 9.21 Å². The van der Waals surface area contributed by atoms with Gasteiger partial charge in [0.25, 0.3) is 0 Å². The Bertz CT molecular complexity index is 467. The van der Waals surface area contributed by atoms with Crippen molar-refractivity contribution in [3.63, 3.8) is 0 Å². The van der Waals surface area contributed by atoms with Crippen LogP contribution < -0.4 is 0 Å². The maximum atomic E-state index is 11.9. The molecule has 0 aliphatic carbocycles. The number of likely N-dealkylation sites (tertiary alicyclic amines) is 1. The van der Waals surface area contributed by atoms with E-state index in [1.807, 2.05) is 4.90 Å². The van der Waals surface area contributed by atoms with E-state index in [-0.39, 0.29) is 11.9 Å². The first-order valence-corrected chi connectivity index (χ1v) is 9.16. The van der Waals surface area contributed by atoms with Crippen LogP contribution >= 0.6 is 0 Å². The van der Waals surface area contributed by atoms with E-state index in [9.17, 15) is 13.2 Å². The highest BCUT2D eigenvalue weighted by Crippen LogP contribution is 2.31. The maximum absolute atomic E-state index is 11.9. The average molecular weight is 300 g/mol. The molecule has 0 bridgehead atoms. The second-order valence-corrected chi connectivity index (χ2v) is 7.78. The Morgan fingerprint density at radius 3 is 2.35 bits per heavy atom. The molecule has 0 spiro atoms. The highest BCUT2D eigenvalue weighted by Gasteiger charge is 2.35. The molecule has 114 valence electrons. The molecular weight excluding hydrogens is 276 g/mol. The lowest BCUT2D eigenvalue weighted by Crippen LogP contribution is -2.50. The number of carbonyl (C=O) groups is 1. The summed E-state index contributed by atoms with van der Waals surface area (Å²) in [7, 11) is -3.08. The molecule has 20 heavy (non-hydrogen) atoms. The molecule has 2 heterocycles. The summed E-state index contributed by atoms with van der Waals surface area (Å²) >= 11 is 0. The molecule has 2 saturated heterocycles. The van der Waals surface area contributed by atoms with E-state index in [1.54, 1.807) is 4.31 Å². The van der Waals surface area contributed by atoms with Gasteiger partial charge in [-0.05, 0) is 44.1 Å². The van der Waals surface area contributed by atoms with Gasteiger partial charge in [0.1, 0.15) is 0 Å². The Balaban J connectivity index is 2.01. The Morgan fingerprint density at radius 2 is 1.80 bits per heavy atom. The van der Waals surface area contributed by atoms with Crippen LogP contribution in [0, 0.1) is 5.92 Å². The van der Waals surface area contributed by atoms with Gasteiger partial charge in [-0.25, -0.2) is 12.7 Å². The van der Waals surface area contributed by atoms with Crippen LogP contribution in [0.4, 0.5) is 0 Å². The lowest BCUT2D eigenvalue weighted by molar-refractivity contribution is -0.131. The van der Waals surface area contributed by atoms with Crippen LogP contribution in [0.25, 0.3) is 0 Å². The first-order valence-electron chi connectivity index (χ1n) is 7.31. The van der Waals surface area contributed by atoms with Crippen molar-refractivity contribution in [3.05, 3.63) is 12.7 Å². The molecule has 0 N–H and O–H groups in total. The lowest BCUT2D eigenvalue weighted by atomic mass is 9.84. The summed E-state index contributed by atoms with van der Waals surface area (Å²) in [6, 6.07) is 0.260. The van der Waals surface area contributed by atoms with E-state index >= 15 is 0 Å². The largest absolute Gasteiger partial charge is 0.336 e. The standard InChI is InChI=1S/C14H24N2O3S/c1-3-14(17)16-9-5-4-6-13(16)12-7-10-15(11-8-12)20(2,18)19/h3,12-13H,1,4-11H2,2H3. The average Bonchev–Trinajstić information content (AvgIpc) is 2.45. The van der Waals surface area contributed by atoms with Gasteiger partial charge in [-0.2, -0.15) is 0 Å². The summed E-state index contributed by atoms with van der Waals surface area (Å²) in [5, 5.41) is 0. The molecule has 2 rings (SSSR count). The van der Waals surface area contributed by atoms with Crippen LogP contribution in [0.3, 0.4) is 0 Å². The van der Waals surface area contributed by atoms with E-state index in [0.717, 1.165) is 38.6 Å². The first-order chi connectivity index (χ1) is 9.43. The van der Waals surface area contributed by atoms with Crippen molar-refractivity contribution in [3.8, 4) is 0 Å². The van der Waals surface area contributed by atoms with Gasteiger partial charge in [-0.1, -0.05) is 6.58 Å². The Hall–Kier alpha value is -0.880. The number of amides is 1. The van der Waals surface area contributed by atoms with E-state index in [4.69, 9.17) is 0 Å². The quantitative estimate of drug-likeness (QED) is 0.737. The van der Waals surface area contributed by atoms with Gasteiger partial charge < -0.3 is 4.90 Å². The molecule has 2 fully saturated rings. The van der Waals surface area contributed by atoms with Crippen molar-refractivity contribution in [2.75, 3.05) is 25.9 Å². The number of rotatable bonds is 3. The molecule has 2 aliphatic heterocycles. The topological polar surface area (TPSA) is 57.7 Å². The molecule has 0 saturated carbocycles. The van der Waals surface area contributed by atoms with Crippen LogP contribution in [-0.2, 0) is 14.8 Å². The van der Waals surface area contributed by atoms with Crippen LogP contribution in [0.5, 0.6) is 0 Å². The molecule has 0 aromatic rings. The van der Waals surface area contributed by atoms with Gasteiger partial charge in [-0.3, -0.25) is 4.79 Å². The molecule has 0 aromatic heterocycles. The van der Waals surface area contributed by atoms with Crippen LogP contribution in [0.1, 0.15) is 32.1 Å². The zero-order valence-electron chi connectivity index (χ0n) is 12.1. The smallest absolute Gasteiger partial charge is 0.246 e. The summed E-state index contributed by atoms with van der Waals surface area (Å²) in [6.45, 7) is 5.55. The van der Waals surface area contributed by atoms with Crippen LogP contribution in [0.2, 0.25) is 0 Å². The highest BCUT2D eigenvalue weighted by molar-refractivity contribution is 7.88. The summed E-state index contributed by atoms with van der Waals surface area (Å²) in [4.78, 5) is 13.9. The van der Waals surface area contributed by atoms with E-state index < -0.39 is 10.0 Å². The zero-order valence-corrected chi connectivity index (χ0v) is 12.9. The maximum Gasteiger partial charge on any atom is 0.246 e. The van der Waals surface area contributed by atoms with E-state index in [2.05, 4.69) is 6.58 Å². The van der Waals surface area contributed by atoms with Gasteiger partial charge in [0, 0.05) is 25.7 Å². The zero-order chi connectivity index (χ0) is 14.8. The van der Waals surface area contributed by atoms with Gasteiger partial charge >= 0.3 is 0 Å². The van der Waals surface area contributed by atoms with Gasteiger partial charge in [0.2, 0.25) is 15.9 Å². The molecule has 1 unspecified atom stereocenters. The van der Waals surface area contributed by atoms with Crippen molar-refractivity contribution < 1.29 is 13.2 Å². The fraction of sp³-hybridized carbons (Fsp3) is 0.786. The van der Waals surface area contributed by atoms with Crippen molar-refractivity contribution in [2.24, 2.45) is 5.92 Å². The fourth-order valence-electron chi connectivity index (χ4n) is 3.43. The number of hydrogen-bond acceptors (Lipinski definition) is 3. The van der Waals surface area contributed by atoms with Crippen LogP contribution in [-0.4, -0.2) is 55.5 Å². The van der Waals surface area contributed by atoms with Gasteiger partial charge in [0.05, 0.1) is 6.26 Å². The molecule has 6 heteroatoms.